The van der Waals surface area contributed by atoms with Gasteiger partial charge in [-0.05, 0) is 0 Å². The molecule has 23 heavy (non-hydrogen) atoms. The zero-order chi connectivity index (χ0) is 17.7. The first-order valence-corrected chi connectivity index (χ1v) is 5.56. The molecular weight excluding hydrogens is 340 g/mol. The molecule has 0 atom stereocenters. The lowest BCUT2D eigenvalue weighted by molar-refractivity contribution is -0.160. The highest BCUT2D eigenvalue weighted by atomic mass is 19.4. The molecule has 0 fully saturated rings. The van der Waals surface area contributed by atoms with Gasteiger partial charge in [0.1, 0.15) is 11.0 Å². The van der Waals surface area contributed by atoms with Gasteiger partial charge in [-0.2, -0.15) is 26.3 Å². The number of benzene rings is 1. The molecule has 124 valence electrons. The predicted molar refractivity (Wildman–Crippen MR) is 61.5 cm³/mol. The van der Waals surface area contributed by atoms with Gasteiger partial charge in [-0.1, -0.05) is 10.3 Å². The minimum absolute atomic E-state index is 1.09. The summed E-state index contributed by atoms with van der Waals surface area (Å²) in [5, 5.41) is 42.0. The lowest BCUT2D eigenvalue weighted by Gasteiger charge is -2.22. The van der Waals surface area contributed by atoms with Crippen LogP contribution < -0.4 is 10.9 Å². The lowest BCUT2D eigenvalue weighted by Crippen LogP contribution is -2.46. The number of alkyl halides is 6. The fourth-order valence-electron chi connectivity index (χ4n) is 2.14. The van der Waals surface area contributed by atoms with Crippen molar-refractivity contribution < 1.29 is 51.1 Å². The maximum absolute atomic E-state index is 13.1. The predicted octanol–water partition coefficient (Wildman–Crippen LogP) is -1.38. The second kappa shape index (κ2) is 5.36. The van der Waals surface area contributed by atoms with Crippen LogP contribution in [-0.4, -0.2) is 44.6 Å². The van der Waals surface area contributed by atoms with E-state index >= 15 is 0 Å². The molecule has 2 aromatic rings. The van der Waals surface area contributed by atoms with Crippen LogP contribution in [0.1, 0.15) is 11.1 Å². The van der Waals surface area contributed by atoms with E-state index < -0.39 is 59.7 Å². The van der Waals surface area contributed by atoms with Crippen molar-refractivity contribution in [1.29, 1.82) is 0 Å². The SMILES string of the molecule is OB(O)c1c(C(F)(F)F)c(C(F)(F)F)c(B(O)O)c2nonc12. The summed E-state index contributed by atoms with van der Waals surface area (Å²) in [5.74, 6) is 0. The minimum Gasteiger partial charge on any atom is -0.423 e. The second-order valence-electron chi connectivity index (χ2n) is 4.28. The first kappa shape index (κ1) is 17.5. The molecule has 0 spiro atoms. The maximum Gasteiger partial charge on any atom is 0.491 e. The van der Waals surface area contributed by atoms with Crippen molar-refractivity contribution in [3.63, 3.8) is 0 Å². The second-order valence-corrected chi connectivity index (χ2v) is 4.28. The fourth-order valence-corrected chi connectivity index (χ4v) is 2.14. The molecule has 0 aliphatic carbocycles. The molecular formula is C8H4B2F6N2O5. The van der Waals surface area contributed by atoms with Gasteiger partial charge in [0.25, 0.3) is 0 Å². The van der Waals surface area contributed by atoms with Crippen molar-refractivity contribution >= 4 is 36.2 Å². The largest absolute Gasteiger partial charge is 0.491 e. The average Bonchev–Trinajstić information content (AvgIpc) is 2.80. The van der Waals surface area contributed by atoms with Gasteiger partial charge < -0.3 is 20.1 Å². The van der Waals surface area contributed by atoms with Crippen molar-refractivity contribution in [2.45, 2.75) is 12.4 Å². The molecule has 0 bridgehead atoms. The molecule has 2 rings (SSSR count). The molecule has 1 aromatic carbocycles. The summed E-state index contributed by atoms with van der Waals surface area (Å²) in [6.07, 6.45) is -11.4. The van der Waals surface area contributed by atoms with Crippen LogP contribution in [0.25, 0.3) is 11.0 Å². The van der Waals surface area contributed by atoms with Crippen LogP contribution in [0.15, 0.2) is 4.63 Å². The van der Waals surface area contributed by atoms with Crippen LogP contribution in [-0.2, 0) is 12.4 Å². The normalized spacial score (nSPS) is 12.8. The number of aromatic nitrogens is 2. The van der Waals surface area contributed by atoms with Crippen molar-refractivity contribution in [3.05, 3.63) is 11.1 Å². The Kier molecular flexibility index (Phi) is 4.09. The first-order valence-electron chi connectivity index (χ1n) is 5.56. The number of halogens is 6. The van der Waals surface area contributed by atoms with E-state index in [1.807, 2.05) is 0 Å². The Balaban J connectivity index is 3.17. The third kappa shape index (κ3) is 2.87. The molecule has 0 amide bonds. The van der Waals surface area contributed by atoms with Crippen LogP contribution in [0, 0.1) is 0 Å². The van der Waals surface area contributed by atoms with Crippen LogP contribution in [0.4, 0.5) is 26.3 Å². The third-order valence-corrected chi connectivity index (χ3v) is 2.87. The van der Waals surface area contributed by atoms with Gasteiger partial charge in [-0.25, -0.2) is 4.63 Å². The molecule has 4 N–H and O–H groups in total. The molecule has 0 aliphatic rings. The van der Waals surface area contributed by atoms with Gasteiger partial charge in [-0.15, -0.1) is 0 Å². The van der Waals surface area contributed by atoms with E-state index in [1.54, 1.807) is 0 Å². The number of hydrogen-bond acceptors (Lipinski definition) is 7. The van der Waals surface area contributed by atoms with Gasteiger partial charge in [-0.3, -0.25) is 0 Å². The van der Waals surface area contributed by atoms with Crippen molar-refractivity contribution in [2.24, 2.45) is 0 Å². The molecule has 1 heterocycles. The van der Waals surface area contributed by atoms with E-state index in [4.69, 9.17) is 20.1 Å². The summed E-state index contributed by atoms with van der Waals surface area (Å²) in [4.78, 5) is 0. The van der Waals surface area contributed by atoms with Crippen LogP contribution in [0.5, 0.6) is 0 Å². The Bertz CT molecular complexity index is 683. The first-order chi connectivity index (χ1) is 10.4. The summed E-state index contributed by atoms with van der Waals surface area (Å²) in [6.45, 7) is 0. The monoisotopic (exact) mass is 344 g/mol. The number of fused-ring (bicyclic) bond motifs is 1. The molecule has 0 saturated carbocycles. The molecule has 0 unspecified atom stereocenters. The van der Waals surface area contributed by atoms with Gasteiger partial charge in [0.2, 0.25) is 0 Å². The van der Waals surface area contributed by atoms with E-state index in [1.165, 1.54) is 0 Å². The summed E-state index contributed by atoms with van der Waals surface area (Å²) < 4.78 is 82.7. The smallest absolute Gasteiger partial charge is 0.423 e. The standard InChI is InChI=1S/C8H4B2F6N2O5/c11-7(12,13)1-2(8(14,15)16)4(10(21)22)6-5(17-23-18-6)3(1)9(19)20/h19-22H. The molecule has 1 aromatic heterocycles. The maximum atomic E-state index is 13.1. The summed E-state index contributed by atoms with van der Waals surface area (Å²) in [7, 11) is -6.01. The van der Waals surface area contributed by atoms with Crippen LogP contribution in [0.3, 0.4) is 0 Å². The molecule has 0 aliphatic heterocycles. The Morgan fingerprint density at radius 3 is 1.22 bits per heavy atom. The van der Waals surface area contributed by atoms with Crippen LogP contribution in [0.2, 0.25) is 0 Å². The Hall–Kier alpha value is -1.83. The number of rotatable bonds is 2. The van der Waals surface area contributed by atoms with Gasteiger partial charge in [0.05, 0.1) is 11.1 Å². The molecule has 0 radical (unpaired) electrons. The lowest BCUT2D eigenvalue weighted by atomic mass is 9.67. The summed E-state index contributed by atoms with van der Waals surface area (Å²) in [5.41, 5.74) is -10.6. The molecule has 7 nitrogen and oxygen atoms in total. The van der Waals surface area contributed by atoms with E-state index in [2.05, 4.69) is 14.9 Å². The van der Waals surface area contributed by atoms with Crippen LogP contribution >= 0.6 is 0 Å². The quantitative estimate of drug-likeness (QED) is 0.392. The Morgan fingerprint density at radius 2 is 1.00 bits per heavy atom. The summed E-state index contributed by atoms with van der Waals surface area (Å²) in [6, 6.07) is 0. The zero-order valence-corrected chi connectivity index (χ0v) is 10.5. The number of nitrogens with zero attached hydrogens (tertiary/aromatic N) is 2. The highest BCUT2D eigenvalue weighted by Gasteiger charge is 2.51. The van der Waals surface area contributed by atoms with E-state index in [0.717, 1.165) is 0 Å². The highest BCUT2D eigenvalue weighted by Crippen LogP contribution is 2.40. The molecule has 0 saturated heterocycles. The summed E-state index contributed by atoms with van der Waals surface area (Å²) >= 11 is 0. The van der Waals surface area contributed by atoms with Gasteiger partial charge in [0.15, 0.2) is 0 Å². The zero-order valence-electron chi connectivity index (χ0n) is 10.5. The molecule has 15 heteroatoms. The van der Waals surface area contributed by atoms with E-state index in [-0.39, 0.29) is 0 Å². The fraction of sp³-hybridized carbons (Fsp3) is 0.250. The minimum atomic E-state index is -5.72. The van der Waals surface area contributed by atoms with Gasteiger partial charge >= 0.3 is 26.6 Å². The highest BCUT2D eigenvalue weighted by molar-refractivity contribution is 6.66. The van der Waals surface area contributed by atoms with Crippen molar-refractivity contribution in [3.8, 4) is 0 Å². The van der Waals surface area contributed by atoms with Crippen molar-refractivity contribution in [1.82, 2.24) is 10.3 Å². The number of hydrogen-bond donors (Lipinski definition) is 4. The van der Waals surface area contributed by atoms with Crippen molar-refractivity contribution in [2.75, 3.05) is 0 Å². The van der Waals surface area contributed by atoms with E-state index in [0.29, 0.717) is 0 Å². The van der Waals surface area contributed by atoms with E-state index in [9.17, 15) is 26.3 Å². The van der Waals surface area contributed by atoms with Gasteiger partial charge in [0, 0.05) is 10.9 Å². The Morgan fingerprint density at radius 1 is 0.696 bits per heavy atom. The topological polar surface area (TPSA) is 120 Å². The Labute approximate surface area is 122 Å². The average molecular weight is 344 g/mol. The third-order valence-electron chi connectivity index (χ3n) is 2.87.